The minimum atomic E-state index is -3.76. The topological polar surface area (TPSA) is 97.4 Å². The molecule has 2 N–H and O–H groups in total. The number of aromatic nitrogens is 1. The molecule has 0 unspecified atom stereocenters. The molecule has 9 heteroatoms. The fourth-order valence-electron chi connectivity index (χ4n) is 2.26. The molecule has 2 heterocycles. The summed E-state index contributed by atoms with van der Waals surface area (Å²) in [6, 6.07) is 0. The Morgan fingerprint density at radius 1 is 1.62 bits per heavy atom. The fourth-order valence-corrected chi connectivity index (χ4v) is 4.64. The second-order valence-corrected chi connectivity index (χ2v) is 8.21. The van der Waals surface area contributed by atoms with Gasteiger partial charge >= 0.3 is 5.97 Å². The molecule has 1 atom stereocenters. The number of nitrogens with one attached hydrogen (secondary N) is 2. The van der Waals surface area contributed by atoms with E-state index in [0.717, 1.165) is 37.3 Å². The molecule has 1 aliphatic rings. The molecule has 1 saturated heterocycles. The number of carbonyl (C=O) groups excluding carboxylic acids is 1. The number of carbonyl (C=O) groups is 1. The van der Waals surface area contributed by atoms with Gasteiger partial charge in [-0.3, -0.25) is 0 Å². The Morgan fingerprint density at radius 3 is 3.00 bits per heavy atom. The summed E-state index contributed by atoms with van der Waals surface area (Å²) in [6.07, 6.45) is 1.97. The Labute approximate surface area is 128 Å². The van der Waals surface area contributed by atoms with Crippen LogP contribution in [0.4, 0.5) is 0 Å². The van der Waals surface area contributed by atoms with E-state index in [-0.39, 0.29) is 15.3 Å². The van der Waals surface area contributed by atoms with E-state index in [0.29, 0.717) is 6.54 Å². The van der Waals surface area contributed by atoms with Gasteiger partial charge < -0.3 is 10.1 Å². The monoisotopic (exact) mass is 333 g/mol. The summed E-state index contributed by atoms with van der Waals surface area (Å²) < 4.78 is 31.7. The number of hydrogen-bond donors (Lipinski definition) is 2. The summed E-state index contributed by atoms with van der Waals surface area (Å²) in [5.41, 5.74) is 1.04. The Kier molecular flexibility index (Phi) is 4.97. The standard InChI is InChI=1S/C12H19N3O4S2/c1-12(4-3-5-13-6-12)7-15-21(17,18)11-9(10(16)19-2)14-8-20-11/h8,13,15H,3-7H2,1-2H3/t12-/m1/s1. The summed E-state index contributed by atoms with van der Waals surface area (Å²) >= 11 is 0.908. The number of methoxy groups -OCH3 is 1. The van der Waals surface area contributed by atoms with E-state index in [1.807, 2.05) is 6.92 Å². The Bertz CT molecular complexity index is 606. The summed E-state index contributed by atoms with van der Waals surface area (Å²) in [6.45, 7) is 4.09. The first-order valence-corrected chi connectivity index (χ1v) is 8.96. The van der Waals surface area contributed by atoms with E-state index >= 15 is 0 Å². The number of esters is 1. The highest BCUT2D eigenvalue weighted by Crippen LogP contribution is 2.26. The van der Waals surface area contributed by atoms with Crippen LogP contribution in [0.1, 0.15) is 30.3 Å². The normalized spacial score (nSPS) is 23.0. The maximum absolute atomic E-state index is 12.4. The second kappa shape index (κ2) is 6.39. The minimum absolute atomic E-state index is 0.0956. The molecule has 7 nitrogen and oxygen atoms in total. The van der Waals surface area contributed by atoms with Crippen molar-refractivity contribution in [1.82, 2.24) is 15.0 Å². The quantitative estimate of drug-likeness (QED) is 0.766. The third-order valence-corrected chi connectivity index (χ3v) is 6.30. The second-order valence-electron chi connectivity index (χ2n) is 5.40. The van der Waals surface area contributed by atoms with Gasteiger partial charge in [-0.2, -0.15) is 0 Å². The number of thiazole rings is 1. The lowest BCUT2D eigenvalue weighted by Crippen LogP contribution is -2.45. The lowest BCUT2D eigenvalue weighted by atomic mass is 9.83. The van der Waals surface area contributed by atoms with E-state index in [9.17, 15) is 13.2 Å². The molecule has 1 aromatic rings. The summed E-state index contributed by atoms with van der Waals surface area (Å²) in [7, 11) is -2.57. The van der Waals surface area contributed by atoms with Crippen molar-refractivity contribution >= 4 is 27.3 Å². The van der Waals surface area contributed by atoms with Crippen LogP contribution >= 0.6 is 11.3 Å². The average Bonchev–Trinajstić information content (AvgIpc) is 2.96. The van der Waals surface area contributed by atoms with Crippen molar-refractivity contribution < 1.29 is 17.9 Å². The highest BCUT2D eigenvalue weighted by molar-refractivity contribution is 7.91. The number of sulfonamides is 1. The van der Waals surface area contributed by atoms with Crippen LogP contribution < -0.4 is 10.0 Å². The molecule has 0 bridgehead atoms. The first-order chi connectivity index (χ1) is 9.88. The molecular formula is C12H19N3O4S2. The Hall–Kier alpha value is -1.03. The van der Waals surface area contributed by atoms with E-state index in [2.05, 4.69) is 19.8 Å². The van der Waals surface area contributed by atoms with Gasteiger partial charge in [0.05, 0.1) is 12.6 Å². The summed E-state index contributed by atoms with van der Waals surface area (Å²) in [5.74, 6) is -0.748. The van der Waals surface area contributed by atoms with Crippen LogP contribution in [0.15, 0.2) is 9.72 Å². The molecule has 1 aromatic heterocycles. The number of nitrogens with zero attached hydrogens (tertiary/aromatic N) is 1. The first kappa shape index (κ1) is 16.3. The summed E-state index contributed by atoms with van der Waals surface area (Å²) in [5, 5.41) is 3.27. The van der Waals surface area contributed by atoms with Crippen molar-refractivity contribution in [2.45, 2.75) is 24.0 Å². The predicted octanol–water partition coefficient (Wildman–Crippen LogP) is 0.598. The number of ether oxygens (including phenoxy) is 1. The third-order valence-electron chi connectivity index (χ3n) is 3.53. The molecule has 0 spiro atoms. The van der Waals surface area contributed by atoms with Gasteiger partial charge in [0, 0.05) is 13.1 Å². The van der Waals surface area contributed by atoms with Crippen LogP contribution in [-0.4, -0.2) is 46.1 Å². The van der Waals surface area contributed by atoms with Crippen molar-refractivity contribution in [2.75, 3.05) is 26.7 Å². The van der Waals surface area contributed by atoms with Crippen molar-refractivity contribution in [3.8, 4) is 0 Å². The zero-order valence-electron chi connectivity index (χ0n) is 12.0. The van der Waals surface area contributed by atoms with Crippen LogP contribution in [0, 0.1) is 5.41 Å². The average molecular weight is 333 g/mol. The zero-order chi connectivity index (χ0) is 15.5. The fraction of sp³-hybridized carbons (Fsp3) is 0.667. The molecule has 21 heavy (non-hydrogen) atoms. The van der Waals surface area contributed by atoms with E-state index < -0.39 is 16.0 Å². The maximum Gasteiger partial charge on any atom is 0.358 e. The van der Waals surface area contributed by atoms with E-state index in [1.165, 1.54) is 12.6 Å². The minimum Gasteiger partial charge on any atom is -0.464 e. The lowest BCUT2D eigenvalue weighted by molar-refractivity contribution is 0.0590. The van der Waals surface area contributed by atoms with E-state index in [1.54, 1.807) is 0 Å². The molecule has 118 valence electrons. The SMILES string of the molecule is COC(=O)c1ncsc1S(=O)(=O)NC[C@]1(C)CCCNC1. The highest BCUT2D eigenvalue weighted by Gasteiger charge is 2.31. The van der Waals surface area contributed by atoms with Gasteiger partial charge in [0.1, 0.15) is 0 Å². The molecule has 0 aromatic carbocycles. The van der Waals surface area contributed by atoms with Gasteiger partial charge in [0.2, 0.25) is 0 Å². The van der Waals surface area contributed by atoms with Gasteiger partial charge in [-0.1, -0.05) is 6.92 Å². The Morgan fingerprint density at radius 2 is 2.38 bits per heavy atom. The van der Waals surface area contributed by atoms with Crippen molar-refractivity contribution in [3.63, 3.8) is 0 Å². The predicted molar refractivity (Wildman–Crippen MR) is 78.9 cm³/mol. The molecule has 2 rings (SSSR count). The molecule has 0 amide bonds. The van der Waals surface area contributed by atoms with Gasteiger partial charge in [-0.15, -0.1) is 11.3 Å². The van der Waals surface area contributed by atoms with Gasteiger partial charge in [0.25, 0.3) is 10.0 Å². The highest BCUT2D eigenvalue weighted by atomic mass is 32.2. The lowest BCUT2D eigenvalue weighted by Gasteiger charge is -2.34. The largest absolute Gasteiger partial charge is 0.464 e. The Balaban J connectivity index is 2.12. The number of piperidine rings is 1. The van der Waals surface area contributed by atoms with E-state index in [4.69, 9.17) is 0 Å². The molecule has 1 aliphatic heterocycles. The first-order valence-electron chi connectivity index (χ1n) is 6.60. The van der Waals surface area contributed by atoms with Crippen LogP contribution in [-0.2, 0) is 14.8 Å². The molecule has 0 saturated carbocycles. The van der Waals surface area contributed by atoms with Crippen molar-refractivity contribution in [1.29, 1.82) is 0 Å². The molecule has 0 aliphatic carbocycles. The third kappa shape index (κ3) is 3.79. The van der Waals surface area contributed by atoms with Crippen LogP contribution in [0.5, 0.6) is 0 Å². The van der Waals surface area contributed by atoms with Gasteiger partial charge in [-0.25, -0.2) is 22.9 Å². The van der Waals surface area contributed by atoms with Crippen molar-refractivity contribution in [2.24, 2.45) is 5.41 Å². The number of hydrogen-bond acceptors (Lipinski definition) is 7. The maximum atomic E-state index is 12.4. The van der Waals surface area contributed by atoms with Crippen molar-refractivity contribution in [3.05, 3.63) is 11.2 Å². The van der Waals surface area contributed by atoms with Crippen LogP contribution in [0.3, 0.4) is 0 Å². The smallest absolute Gasteiger partial charge is 0.358 e. The number of rotatable bonds is 5. The summed E-state index contributed by atoms with van der Waals surface area (Å²) in [4.78, 5) is 15.3. The molecule has 1 fully saturated rings. The van der Waals surface area contributed by atoms with Crippen LogP contribution in [0.2, 0.25) is 0 Å². The molecule has 0 radical (unpaired) electrons. The van der Waals surface area contributed by atoms with Crippen LogP contribution in [0.25, 0.3) is 0 Å². The van der Waals surface area contributed by atoms with Gasteiger partial charge in [0.15, 0.2) is 9.90 Å². The molecular weight excluding hydrogens is 314 g/mol. The van der Waals surface area contributed by atoms with Gasteiger partial charge in [-0.05, 0) is 24.8 Å². The zero-order valence-corrected chi connectivity index (χ0v) is 13.6.